The number of carboxylic acids is 1. The smallest absolute Gasteiger partial charge is 0.407 e. The number of nitrogens with one attached hydrogen (secondary N) is 1. The van der Waals surface area contributed by atoms with Gasteiger partial charge in [0.25, 0.3) is 0 Å². The molecule has 0 saturated heterocycles. The lowest BCUT2D eigenvalue weighted by molar-refractivity contribution is -0.139. The molecule has 0 fully saturated rings. The van der Waals surface area contributed by atoms with Crippen LogP contribution in [0, 0.1) is 13.8 Å². The second kappa shape index (κ2) is 8.32. The highest BCUT2D eigenvalue weighted by Gasteiger charge is 2.30. The zero-order valence-electron chi connectivity index (χ0n) is 16.8. The van der Waals surface area contributed by atoms with E-state index < -0.39 is 18.1 Å². The molecule has 5 nitrogen and oxygen atoms in total. The third-order valence-electron chi connectivity index (χ3n) is 5.47. The first kappa shape index (κ1) is 20.2. The van der Waals surface area contributed by atoms with Crippen LogP contribution in [0.25, 0.3) is 11.1 Å². The number of rotatable bonds is 6. The maximum Gasteiger partial charge on any atom is 0.407 e. The summed E-state index contributed by atoms with van der Waals surface area (Å²) in [5.74, 6) is -1.14. The van der Waals surface area contributed by atoms with E-state index in [1.807, 2.05) is 56.3 Å². The molecule has 1 aliphatic carbocycles. The largest absolute Gasteiger partial charge is 0.480 e. The van der Waals surface area contributed by atoms with E-state index in [4.69, 9.17) is 4.74 Å². The van der Waals surface area contributed by atoms with E-state index in [2.05, 4.69) is 17.4 Å². The summed E-state index contributed by atoms with van der Waals surface area (Å²) in [4.78, 5) is 26.2. The maximum atomic E-state index is 12.4. The average Bonchev–Trinajstić information content (AvgIpc) is 3.22. The van der Waals surface area contributed by atoms with Crippen molar-refractivity contribution >= 4 is 23.4 Å². The van der Waals surface area contributed by atoms with Crippen LogP contribution in [0.4, 0.5) is 4.79 Å². The SMILES string of the molecule is Cc1cc(C)c(CC(NC(=O)OCC2c3ccccc3-c3ccccc32)C(=O)O)s1. The fourth-order valence-electron chi connectivity index (χ4n) is 4.06. The first-order valence-corrected chi connectivity index (χ1v) is 10.7. The van der Waals surface area contributed by atoms with Gasteiger partial charge in [0.1, 0.15) is 12.6 Å². The van der Waals surface area contributed by atoms with Gasteiger partial charge in [0.05, 0.1) is 0 Å². The number of carbonyl (C=O) groups is 2. The Morgan fingerprint density at radius 2 is 1.67 bits per heavy atom. The summed E-state index contributed by atoms with van der Waals surface area (Å²) < 4.78 is 5.48. The molecular formula is C24H23NO4S. The van der Waals surface area contributed by atoms with Crippen LogP contribution in [0.2, 0.25) is 0 Å². The molecule has 0 radical (unpaired) electrons. The molecule has 30 heavy (non-hydrogen) atoms. The van der Waals surface area contributed by atoms with Gasteiger partial charge in [-0.2, -0.15) is 0 Å². The van der Waals surface area contributed by atoms with Crippen LogP contribution in [0.5, 0.6) is 0 Å². The highest BCUT2D eigenvalue weighted by molar-refractivity contribution is 7.12. The molecule has 0 bridgehead atoms. The molecule has 0 spiro atoms. The number of hydrogen-bond acceptors (Lipinski definition) is 4. The number of carbonyl (C=O) groups excluding carboxylic acids is 1. The Balaban J connectivity index is 1.44. The summed E-state index contributed by atoms with van der Waals surface area (Å²) in [6.07, 6.45) is -0.473. The van der Waals surface area contributed by atoms with Crippen molar-refractivity contribution in [2.24, 2.45) is 0 Å². The lowest BCUT2D eigenvalue weighted by atomic mass is 9.98. The quantitative estimate of drug-likeness (QED) is 0.594. The predicted octanol–water partition coefficient (Wildman–Crippen LogP) is 4.90. The molecule has 1 amide bonds. The molecule has 6 heteroatoms. The van der Waals surface area contributed by atoms with Gasteiger partial charge in [-0.05, 0) is 47.7 Å². The highest BCUT2D eigenvalue weighted by Crippen LogP contribution is 2.44. The summed E-state index contributed by atoms with van der Waals surface area (Å²) in [6.45, 7) is 4.09. The molecule has 4 rings (SSSR count). The van der Waals surface area contributed by atoms with Crippen molar-refractivity contribution < 1.29 is 19.4 Å². The van der Waals surface area contributed by atoms with Crippen molar-refractivity contribution in [1.82, 2.24) is 5.32 Å². The van der Waals surface area contributed by atoms with E-state index in [0.29, 0.717) is 0 Å². The van der Waals surface area contributed by atoms with Gasteiger partial charge in [0.2, 0.25) is 0 Å². The van der Waals surface area contributed by atoms with E-state index in [1.165, 1.54) is 0 Å². The number of benzene rings is 2. The predicted molar refractivity (Wildman–Crippen MR) is 117 cm³/mol. The Morgan fingerprint density at radius 3 is 2.20 bits per heavy atom. The Morgan fingerprint density at radius 1 is 1.07 bits per heavy atom. The monoisotopic (exact) mass is 421 g/mol. The van der Waals surface area contributed by atoms with E-state index in [-0.39, 0.29) is 18.9 Å². The number of ether oxygens (including phenoxy) is 1. The summed E-state index contributed by atoms with van der Waals surface area (Å²) in [5.41, 5.74) is 5.57. The molecule has 1 heterocycles. The number of thiophene rings is 1. The van der Waals surface area contributed by atoms with Crippen LogP contribution in [0.15, 0.2) is 54.6 Å². The van der Waals surface area contributed by atoms with Gasteiger partial charge in [-0.3, -0.25) is 0 Å². The van der Waals surface area contributed by atoms with Gasteiger partial charge in [0, 0.05) is 22.1 Å². The lowest BCUT2D eigenvalue weighted by Crippen LogP contribution is -2.42. The minimum Gasteiger partial charge on any atom is -0.480 e. The average molecular weight is 422 g/mol. The third-order valence-corrected chi connectivity index (χ3v) is 6.64. The molecule has 2 aromatic carbocycles. The Hall–Kier alpha value is -3.12. The van der Waals surface area contributed by atoms with Crippen molar-refractivity contribution in [3.8, 4) is 11.1 Å². The second-order valence-electron chi connectivity index (χ2n) is 7.53. The summed E-state index contributed by atoms with van der Waals surface area (Å²) in [7, 11) is 0. The van der Waals surface area contributed by atoms with Gasteiger partial charge in [-0.25, -0.2) is 9.59 Å². The van der Waals surface area contributed by atoms with Crippen LogP contribution in [-0.2, 0) is 16.0 Å². The molecule has 1 atom stereocenters. The normalized spacial score (nSPS) is 13.4. The number of hydrogen-bond donors (Lipinski definition) is 2. The van der Waals surface area contributed by atoms with Gasteiger partial charge < -0.3 is 15.2 Å². The molecular weight excluding hydrogens is 398 g/mol. The number of aryl methyl sites for hydroxylation is 2. The van der Waals surface area contributed by atoms with Crippen LogP contribution < -0.4 is 5.32 Å². The zero-order valence-corrected chi connectivity index (χ0v) is 17.7. The minimum absolute atomic E-state index is 0.0615. The first-order chi connectivity index (χ1) is 14.4. The van der Waals surface area contributed by atoms with Crippen molar-refractivity contribution in [3.05, 3.63) is 81.0 Å². The molecule has 3 aromatic rings. The second-order valence-corrected chi connectivity index (χ2v) is 8.87. The molecule has 1 aromatic heterocycles. The first-order valence-electron chi connectivity index (χ1n) is 9.84. The van der Waals surface area contributed by atoms with Gasteiger partial charge in [-0.1, -0.05) is 48.5 Å². The number of fused-ring (bicyclic) bond motifs is 3. The fourth-order valence-corrected chi connectivity index (χ4v) is 5.15. The molecule has 154 valence electrons. The molecule has 1 aliphatic rings. The molecule has 0 aliphatic heterocycles. The maximum absolute atomic E-state index is 12.4. The Bertz CT molecular complexity index is 1060. The van der Waals surface area contributed by atoms with Gasteiger partial charge in [-0.15, -0.1) is 11.3 Å². The standard InChI is InChI=1S/C24H23NO4S/c1-14-11-15(2)30-22(14)12-21(23(26)27)25-24(28)29-13-20-18-9-5-3-7-16(18)17-8-4-6-10-19(17)20/h3-11,20-21H,12-13H2,1-2H3,(H,25,28)(H,26,27). The molecule has 2 N–H and O–H groups in total. The van der Waals surface area contributed by atoms with E-state index in [0.717, 1.165) is 37.6 Å². The zero-order chi connectivity index (χ0) is 21.3. The minimum atomic E-state index is -1.08. The van der Waals surface area contributed by atoms with Gasteiger partial charge in [0.15, 0.2) is 0 Å². The van der Waals surface area contributed by atoms with Gasteiger partial charge >= 0.3 is 12.1 Å². The molecule has 1 unspecified atom stereocenters. The van der Waals surface area contributed by atoms with Crippen molar-refractivity contribution in [2.75, 3.05) is 6.61 Å². The van der Waals surface area contributed by atoms with Crippen LogP contribution >= 0.6 is 11.3 Å². The molecule has 0 saturated carbocycles. The number of carboxylic acid groups (broad SMARTS) is 1. The van der Waals surface area contributed by atoms with E-state index in [9.17, 15) is 14.7 Å². The number of aliphatic carboxylic acids is 1. The van der Waals surface area contributed by atoms with Crippen molar-refractivity contribution in [3.63, 3.8) is 0 Å². The third kappa shape index (κ3) is 3.96. The van der Waals surface area contributed by atoms with Crippen LogP contribution in [-0.4, -0.2) is 29.8 Å². The number of alkyl carbamates (subject to hydrolysis) is 1. The van der Waals surface area contributed by atoms with Crippen molar-refractivity contribution in [1.29, 1.82) is 0 Å². The highest BCUT2D eigenvalue weighted by atomic mass is 32.1. The lowest BCUT2D eigenvalue weighted by Gasteiger charge is -2.17. The van der Waals surface area contributed by atoms with Crippen LogP contribution in [0.3, 0.4) is 0 Å². The summed E-state index contributed by atoms with van der Waals surface area (Å²) in [6, 6.07) is 17.2. The Labute approximate surface area is 179 Å². The summed E-state index contributed by atoms with van der Waals surface area (Å²) >= 11 is 1.55. The van der Waals surface area contributed by atoms with E-state index in [1.54, 1.807) is 11.3 Å². The van der Waals surface area contributed by atoms with E-state index >= 15 is 0 Å². The van der Waals surface area contributed by atoms with Crippen molar-refractivity contribution in [2.45, 2.75) is 32.2 Å². The number of amides is 1. The summed E-state index contributed by atoms with van der Waals surface area (Å²) in [5, 5.41) is 12.1. The topological polar surface area (TPSA) is 75.6 Å². The fraction of sp³-hybridized carbons (Fsp3) is 0.250. The van der Waals surface area contributed by atoms with Crippen LogP contribution in [0.1, 0.15) is 32.4 Å². The Kier molecular flexibility index (Phi) is 5.59.